The number of ether oxygens (including phenoxy) is 2. The molecule has 45 heavy (non-hydrogen) atoms. The van der Waals surface area contributed by atoms with Gasteiger partial charge in [-0.05, 0) is 58.6 Å². The van der Waals surface area contributed by atoms with Gasteiger partial charge in [-0.15, -0.1) is 0 Å². The summed E-state index contributed by atoms with van der Waals surface area (Å²) in [7, 11) is 0. The number of nitrogens with zero attached hydrogens (tertiary/aromatic N) is 7. The molecular weight excluding hydrogens is 586 g/mol. The summed E-state index contributed by atoms with van der Waals surface area (Å²) in [6.07, 6.45) is -0.618. The number of rotatable bonds is 6. The number of carbonyl (C=O) groups is 2. The molecule has 1 N–H and O–H groups in total. The Labute approximate surface area is 260 Å². The number of carbonyl (C=O) groups excluding carboxylic acids is 2. The van der Waals surface area contributed by atoms with Crippen LogP contribution in [0, 0.1) is 0 Å². The Hall–Kier alpha value is -4.07. The van der Waals surface area contributed by atoms with Gasteiger partial charge in [0.2, 0.25) is 11.9 Å². The van der Waals surface area contributed by atoms with Gasteiger partial charge in [0.15, 0.2) is 5.82 Å². The SMILES string of the molecule is CC(C)(C)OC(=O)N1CCC[C@@H]1C(=O)NC1CCN(c2cc(N3CCOCC3)nc(-n3c(C(F)F)nc4ccccc43)n2)CC1. The number of nitrogens with one attached hydrogen (secondary N) is 1. The van der Waals surface area contributed by atoms with E-state index in [-0.39, 0.29) is 17.9 Å². The van der Waals surface area contributed by atoms with Crippen LogP contribution >= 0.6 is 0 Å². The van der Waals surface area contributed by atoms with Crippen LogP contribution in [0.2, 0.25) is 0 Å². The zero-order valence-corrected chi connectivity index (χ0v) is 25.9. The van der Waals surface area contributed by atoms with Gasteiger partial charge in [0.05, 0.1) is 24.2 Å². The summed E-state index contributed by atoms with van der Waals surface area (Å²) in [5, 5.41) is 3.15. The van der Waals surface area contributed by atoms with Gasteiger partial charge in [-0.3, -0.25) is 14.3 Å². The number of anilines is 2. The first-order valence-corrected chi connectivity index (χ1v) is 15.6. The maximum atomic E-state index is 14.2. The molecule has 14 heteroatoms. The number of likely N-dealkylation sites (tertiary alicyclic amines) is 1. The molecule has 1 atom stereocenters. The lowest BCUT2D eigenvalue weighted by molar-refractivity contribution is -0.126. The van der Waals surface area contributed by atoms with E-state index in [1.807, 2.05) is 26.8 Å². The second-order valence-corrected chi connectivity index (χ2v) is 12.7. The van der Waals surface area contributed by atoms with Crippen molar-refractivity contribution in [1.82, 2.24) is 29.7 Å². The average molecular weight is 627 g/mol. The molecule has 6 rings (SSSR count). The summed E-state index contributed by atoms with van der Waals surface area (Å²) >= 11 is 0. The molecule has 242 valence electrons. The van der Waals surface area contributed by atoms with E-state index in [1.165, 1.54) is 9.47 Å². The lowest BCUT2D eigenvalue weighted by Gasteiger charge is -2.35. The number of imidazole rings is 1. The zero-order valence-electron chi connectivity index (χ0n) is 25.9. The summed E-state index contributed by atoms with van der Waals surface area (Å²) in [5.41, 5.74) is 0.313. The quantitative estimate of drug-likeness (QED) is 0.432. The van der Waals surface area contributed by atoms with Gasteiger partial charge in [-0.25, -0.2) is 18.6 Å². The number of alkyl halides is 2. The van der Waals surface area contributed by atoms with E-state index in [4.69, 9.17) is 19.4 Å². The van der Waals surface area contributed by atoms with Crippen molar-refractivity contribution in [3.63, 3.8) is 0 Å². The lowest BCUT2D eigenvalue weighted by Crippen LogP contribution is -2.52. The van der Waals surface area contributed by atoms with Gasteiger partial charge in [0, 0.05) is 44.8 Å². The molecule has 12 nitrogen and oxygen atoms in total. The summed E-state index contributed by atoms with van der Waals surface area (Å²) in [4.78, 5) is 45.4. The molecule has 3 aliphatic rings. The molecule has 0 radical (unpaired) electrons. The number of para-hydroxylation sites is 2. The molecule has 0 spiro atoms. The van der Waals surface area contributed by atoms with Crippen LogP contribution in [-0.2, 0) is 14.3 Å². The number of fused-ring (bicyclic) bond motifs is 1. The number of morpholine rings is 1. The van der Waals surface area contributed by atoms with E-state index in [9.17, 15) is 18.4 Å². The van der Waals surface area contributed by atoms with Gasteiger partial charge >= 0.3 is 6.09 Å². The predicted octanol–water partition coefficient (Wildman–Crippen LogP) is 4.07. The number of hydrogen-bond acceptors (Lipinski definition) is 9. The Morgan fingerprint density at radius 3 is 2.29 bits per heavy atom. The Balaban J connectivity index is 1.20. The lowest BCUT2D eigenvalue weighted by atomic mass is 10.0. The second kappa shape index (κ2) is 12.7. The van der Waals surface area contributed by atoms with Crippen molar-refractivity contribution >= 4 is 34.7 Å². The number of amides is 2. The van der Waals surface area contributed by atoms with Gasteiger partial charge in [-0.2, -0.15) is 9.97 Å². The summed E-state index contributed by atoms with van der Waals surface area (Å²) < 4.78 is 40.8. The van der Waals surface area contributed by atoms with Crippen molar-refractivity contribution < 1.29 is 27.8 Å². The monoisotopic (exact) mass is 626 g/mol. The van der Waals surface area contributed by atoms with E-state index in [2.05, 4.69) is 20.1 Å². The highest BCUT2D eigenvalue weighted by molar-refractivity contribution is 5.86. The number of halogens is 2. The Bertz CT molecular complexity index is 1530. The fourth-order valence-electron chi connectivity index (χ4n) is 6.16. The summed E-state index contributed by atoms with van der Waals surface area (Å²) in [6.45, 7) is 9.44. The zero-order chi connectivity index (χ0) is 31.7. The smallest absolute Gasteiger partial charge is 0.410 e. The normalized spacial score (nSPS) is 19.9. The molecule has 3 fully saturated rings. The van der Waals surface area contributed by atoms with Crippen LogP contribution in [0.3, 0.4) is 0 Å². The fourth-order valence-corrected chi connectivity index (χ4v) is 6.16. The van der Waals surface area contributed by atoms with Crippen LogP contribution in [0.15, 0.2) is 30.3 Å². The van der Waals surface area contributed by atoms with Gasteiger partial charge in [-0.1, -0.05) is 12.1 Å². The molecule has 0 saturated carbocycles. The van der Waals surface area contributed by atoms with Gasteiger partial charge < -0.3 is 24.6 Å². The molecule has 5 heterocycles. The van der Waals surface area contributed by atoms with E-state index >= 15 is 0 Å². The van der Waals surface area contributed by atoms with Crippen molar-refractivity contribution in [3.05, 3.63) is 36.2 Å². The molecule has 2 aromatic heterocycles. The minimum absolute atomic E-state index is 0.0714. The molecule has 3 saturated heterocycles. The topological polar surface area (TPSA) is 118 Å². The Morgan fingerprint density at radius 1 is 0.956 bits per heavy atom. The van der Waals surface area contributed by atoms with Gasteiger partial charge in [0.25, 0.3) is 6.43 Å². The summed E-state index contributed by atoms with van der Waals surface area (Å²) in [5.74, 6) is 0.820. The highest BCUT2D eigenvalue weighted by Crippen LogP contribution is 2.30. The van der Waals surface area contributed by atoms with E-state index < -0.39 is 30.0 Å². The number of piperidine rings is 1. The number of hydrogen-bond donors (Lipinski definition) is 1. The van der Waals surface area contributed by atoms with Crippen LogP contribution in [0.1, 0.15) is 58.7 Å². The fraction of sp³-hybridized carbons (Fsp3) is 0.581. The van der Waals surface area contributed by atoms with E-state index in [0.717, 1.165) is 6.42 Å². The van der Waals surface area contributed by atoms with Crippen LogP contribution in [0.25, 0.3) is 17.0 Å². The Morgan fingerprint density at radius 2 is 1.62 bits per heavy atom. The van der Waals surface area contributed by atoms with Crippen LogP contribution < -0.4 is 15.1 Å². The average Bonchev–Trinajstić information content (AvgIpc) is 3.67. The Kier molecular flexibility index (Phi) is 8.76. The maximum Gasteiger partial charge on any atom is 0.410 e. The first kappa shape index (κ1) is 30.9. The molecule has 0 unspecified atom stereocenters. The first-order valence-electron chi connectivity index (χ1n) is 15.6. The molecule has 2 amide bonds. The third-order valence-electron chi connectivity index (χ3n) is 8.35. The highest BCUT2D eigenvalue weighted by Gasteiger charge is 2.37. The van der Waals surface area contributed by atoms with Crippen LogP contribution in [0.5, 0.6) is 0 Å². The van der Waals surface area contributed by atoms with Crippen molar-refractivity contribution in [2.75, 3.05) is 55.7 Å². The predicted molar refractivity (Wildman–Crippen MR) is 164 cm³/mol. The molecule has 1 aromatic carbocycles. The molecule has 3 aliphatic heterocycles. The molecule has 0 aliphatic carbocycles. The van der Waals surface area contributed by atoms with Crippen molar-refractivity contribution in [2.45, 2.75) is 70.6 Å². The van der Waals surface area contributed by atoms with Crippen LogP contribution in [0.4, 0.5) is 25.2 Å². The molecule has 3 aromatic rings. The van der Waals surface area contributed by atoms with E-state index in [0.29, 0.717) is 87.9 Å². The minimum atomic E-state index is -2.82. The third-order valence-corrected chi connectivity index (χ3v) is 8.35. The van der Waals surface area contributed by atoms with Gasteiger partial charge in [0.1, 0.15) is 23.3 Å². The third kappa shape index (κ3) is 6.80. The number of aromatic nitrogens is 4. The largest absolute Gasteiger partial charge is 0.444 e. The standard InChI is InChI=1S/C31H40F2N8O4/c1-31(2,3)45-30(43)40-12-6-9-23(40)28(42)34-20-10-13-38(14-11-20)24-19-25(39-15-17-44-18-16-39)37-29(36-24)41-22-8-5-4-7-21(22)35-27(41)26(32)33/h4-5,7-8,19-20,23,26H,6,9-18H2,1-3H3,(H,34,42)/t23-/m1/s1. The van der Waals surface area contributed by atoms with Crippen LogP contribution in [-0.4, -0.2) is 100 Å². The molecular formula is C31H40F2N8O4. The molecule has 0 bridgehead atoms. The van der Waals surface area contributed by atoms with Crippen molar-refractivity contribution in [1.29, 1.82) is 0 Å². The van der Waals surface area contributed by atoms with E-state index in [1.54, 1.807) is 24.3 Å². The van der Waals surface area contributed by atoms with Crippen molar-refractivity contribution in [3.8, 4) is 5.95 Å². The summed E-state index contributed by atoms with van der Waals surface area (Å²) in [6, 6.07) is 8.25. The number of benzene rings is 1. The highest BCUT2D eigenvalue weighted by atomic mass is 19.3. The van der Waals surface area contributed by atoms with Crippen molar-refractivity contribution in [2.24, 2.45) is 0 Å². The maximum absolute atomic E-state index is 14.2. The second-order valence-electron chi connectivity index (χ2n) is 12.7. The minimum Gasteiger partial charge on any atom is -0.444 e. The first-order chi connectivity index (χ1) is 21.6.